The molecule has 1 heterocycles. The third kappa shape index (κ3) is 6.30. The lowest BCUT2D eigenvalue weighted by atomic mass is 9.99. The minimum atomic E-state index is -3.27. The number of sulfonamides is 1. The van der Waals surface area contributed by atoms with Gasteiger partial charge < -0.3 is 15.2 Å². The maximum Gasteiger partial charge on any atom is 0.341 e. The molecule has 1 fully saturated rings. The van der Waals surface area contributed by atoms with E-state index in [4.69, 9.17) is 9.84 Å². The highest BCUT2D eigenvalue weighted by Gasteiger charge is 2.29. The Kier molecular flexibility index (Phi) is 6.98. The molecule has 0 spiro atoms. The van der Waals surface area contributed by atoms with Crippen LogP contribution in [0.15, 0.2) is 24.3 Å². The Labute approximate surface area is 153 Å². The second-order valence-corrected chi connectivity index (χ2v) is 8.31. The summed E-state index contributed by atoms with van der Waals surface area (Å²) in [4.78, 5) is 22.7. The third-order valence-electron chi connectivity index (χ3n) is 4.22. The summed E-state index contributed by atoms with van der Waals surface area (Å²) in [6, 6.07) is 7.00. The van der Waals surface area contributed by atoms with Gasteiger partial charge in [-0.05, 0) is 37.0 Å². The Balaban J connectivity index is 1.76. The Bertz CT molecular complexity index is 732. The van der Waals surface area contributed by atoms with Crippen LogP contribution in [-0.4, -0.2) is 62.2 Å². The molecule has 1 atom stereocenters. The lowest BCUT2D eigenvalue weighted by Crippen LogP contribution is -2.45. The first kappa shape index (κ1) is 20.2. The van der Waals surface area contributed by atoms with Gasteiger partial charge in [0.2, 0.25) is 15.9 Å². The molecule has 8 nitrogen and oxygen atoms in total. The van der Waals surface area contributed by atoms with Gasteiger partial charge in [0.1, 0.15) is 5.75 Å². The van der Waals surface area contributed by atoms with Gasteiger partial charge >= 0.3 is 5.97 Å². The van der Waals surface area contributed by atoms with Gasteiger partial charge in [0.15, 0.2) is 6.61 Å². The first-order valence-electron chi connectivity index (χ1n) is 8.42. The molecule has 1 aliphatic rings. The molecule has 9 heteroatoms. The summed E-state index contributed by atoms with van der Waals surface area (Å²) in [5.41, 5.74) is 0.981. The van der Waals surface area contributed by atoms with Crippen molar-refractivity contribution in [3.63, 3.8) is 0 Å². The minimum absolute atomic E-state index is 0.125. The van der Waals surface area contributed by atoms with Crippen LogP contribution in [0.3, 0.4) is 0 Å². The number of hydrogen-bond acceptors (Lipinski definition) is 5. The van der Waals surface area contributed by atoms with E-state index in [-0.39, 0.29) is 25.0 Å². The van der Waals surface area contributed by atoms with Gasteiger partial charge in [-0.1, -0.05) is 12.1 Å². The predicted molar refractivity (Wildman–Crippen MR) is 95.4 cm³/mol. The van der Waals surface area contributed by atoms with Crippen LogP contribution < -0.4 is 10.1 Å². The molecule has 0 aliphatic carbocycles. The maximum absolute atomic E-state index is 12.3. The van der Waals surface area contributed by atoms with Crippen LogP contribution in [0.1, 0.15) is 18.4 Å². The van der Waals surface area contributed by atoms with Crippen LogP contribution >= 0.6 is 0 Å². The quantitative estimate of drug-likeness (QED) is 0.674. The number of carboxylic acid groups (broad SMARTS) is 1. The summed E-state index contributed by atoms with van der Waals surface area (Å²) >= 11 is 0. The molecule has 0 saturated carbocycles. The summed E-state index contributed by atoms with van der Waals surface area (Å²) in [6.07, 6.45) is 3.15. The van der Waals surface area contributed by atoms with Crippen LogP contribution in [0.25, 0.3) is 0 Å². The molecule has 144 valence electrons. The number of ether oxygens (including phenoxy) is 1. The van der Waals surface area contributed by atoms with Crippen LogP contribution in [0.5, 0.6) is 5.75 Å². The number of hydrogen-bond donors (Lipinski definition) is 2. The molecule has 0 aromatic heterocycles. The zero-order chi connectivity index (χ0) is 19.2. The summed E-state index contributed by atoms with van der Waals surface area (Å²) in [5.74, 6) is -0.998. The van der Waals surface area contributed by atoms with Gasteiger partial charge in [0.05, 0.1) is 12.2 Å². The molecule has 0 unspecified atom stereocenters. The van der Waals surface area contributed by atoms with Crippen LogP contribution in [-0.2, 0) is 26.0 Å². The SMILES string of the molecule is CS(=O)(=O)N1CCC[C@@H](C(=O)NCCc2ccc(OCC(=O)O)cc2)C1. The molecular weight excluding hydrogens is 360 g/mol. The fraction of sp³-hybridized carbons (Fsp3) is 0.529. The number of carboxylic acids is 1. The second kappa shape index (κ2) is 9.00. The summed E-state index contributed by atoms with van der Waals surface area (Å²) < 4.78 is 29.6. The molecule has 0 radical (unpaired) electrons. The number of rotatable bonds is 8. The van der Waals surface area contributed by atoms with Gasteiger partial charge in [0, 0.05) is 19.6 Å². The van der Waals surface area contributed by atoms with Crippen LogP contribution in [0, 0.1) is 5.92 Å². The van der Waals surface area contributed by atoms with Gasteiger partial charge in [-0.2, -0.15) is 0 Å². The van der Waals surface area contributed by atoms with E-state index in [1.165, 1.54) is 4.31 Å². The van der Waals surface area contributed by atoms with Crippen molar-refractivity contribution >= 4 is 21.9 Å². The van der Waals surface area contributed by atoms with Gasteiger partial charge in [-0.15, -0.1) is 0 Å². The fourth-order valence-electron chi connectivity index (χ4n) is 2.83. The molecule has 1 saturated heterocycles. The molecule has 26 heavy (non-hydrogen) atoms. The topological polar surface area (TPSA) is 113 Å². The van der Waals surface area contributed by atoms with E-state index in [1.54, 1.807) is 12.1 Å². The fourth-order valence-corrected chi connectivity index (χ4v) is 3.74. The molecular formula is C17H24N2O6S. The lowest BCUT2D eigenvalue weighted by molar-refractivity contribution is -0.139. The van der Waals surface area contributed by atoms with Gasteiger partial charge in [-0.25, -0.2) is 17.5 Å². The number of amides is 1. The van der Waals surface area contributed by atoms with E-state index in [2.05, 4.69) is 5.32 Å². The summed E-state index contributed by atoms with van der Waals surface area (Å²) in [7, 11) is -3.27. The van der Waals surface area contributed by atoms with Crippen molar-refractivity contribution in [1.82, 2.24) is 9.62 Å². The zero-order valence-corrected chi connectivity index (χ0v) is 15.5. The van der Waals surface area contributed by atoms with E-state index in [9.17, 15) is 18.0 Å². The number of nitrogens with zero attached hydrogens (tertiary/aromatic N) is 1. The average Bonchev–Trinajstić information content (AvgIpc) is 2.60. The predicted octanol–water partition coefficient (Wildman–Crippen LogP) is 0.480. The number of carbonyl (C=O) groups excluding carboxylic acids is 1. The first-order chi connectivity index (χ1) is 12.3. The Morgan fingerprint density at radius 2 is 2.00 bits per heavy atom. The number of benzene rings is 1. The van der Waals surface area contributed by atoms with Crippen molar-refractivity contribution in [2.24, 2.45) is 5.92 Å². The molecule has 1 aliphatic heterocycles. The van der Waals surface area contributed by atoms with Gasteiger partial charge in [-0.3, -0.25) is 4.79 Å². The molecule has 0 bridgehead atoms. The van der Waals surface area contributed by atoms with Crippen LogP contribution in [0.4, 0.5) is 0 Å². The van der Waals surface area contributed by atoms with Crippen LogP contribution in [0.2, 0.25) is 0 Å². The van der Waals surface area contributed by atoms with E-state index >= 15 is 0 Å². The van der Waals surface area contributed by atoms with E-state index in [0.29, 0.717) is 38.1 Å². The summed E-state index contributed by atoms with van der Waals surface area (Å²) in [6.45, 7) is 0.768. The van der Waals surface area contributed by atoms with Crippen molar-refractivity contribution in [1.29, 1.82) is 0 Å². The van der Waals surface area contributed by atoms with Crippen molar-refractivity contribution in [2.45, 2.75) is 19.3 Å². The Morgan fingerprint density at radius 3 is 2.62 bits per heavy atom. The average molecular weight is 384 g/mol. The smallest absolute Gasteiger partial charge is 0.341 e. The third-order valence-corrected chi connectivity index (χ3v) is 5.49. The Morgan fingerprint density at radius 1 is 1.31 bits per heavy atom. The second-order valence-electron chi connectivity index (χ2n) is 6.33. The largest absolute Gasteiger partial charge is 0.482 e. The number of nitrogens with one attached hydrogen (secondary N) is 1. The van der Waals surface area contributed by atoms with Crippen molar-refractivity contribution in [3.8, 4) is 5.75 Å². The lowest BCUT2D eigenvalue weighted by Gasteiger charge is -2.30. The van der Waals surface area contributed by atoms with E-state index in [0.717, 1.165) is 11.8 Å². The summed E-state index contributed by atoms with van der Waals surface area (Å²) in [5, 5.41) is 11.4. The highest BCUT2D eigenvalue weighted by Crippen LogP contribution is 2.19. The zero-order valence-electron chi connectivity index (χ0n) is 14.7. The molecule has 1 aromatic rings. The Hall–Kier alpha value is -2.13. The molecule has 2 N–H and O–H groups in total. The van der Waals surface area contributed by atoms with Crippen molar-refractivity contribution < 1.29 is 27.9 Å². The van der Waals surface area contributed by atoms with E-state index in [1.807, 2.05) is 12.1 Å². The maximum atomic E-state index is 12.3. The molecule has 2 rings (SSSR count). The highest BCUT2D eigenvalue weighted by molar-refractivity contribution is 7.88. The standard InChI is InChI=1S/C17H24N2O6S/c1-26(23,24)19-10-2-3-14(11-19)17(22)18-9-8-13-4-6-15(7-5-13)25-12-16(20)21/h4-7,14H,2-3,8-12H2,1H3,(H,18,22)(H,20,21)/t14-/m1/s1. The highest BCUT2D eigenvalue weighted by atomic mass is 32.2. The minimum Gasteiger partial charge on any atom is -0.482 e. The first-order valence-corrected chi connectivity index (χ1v) is 10.3. The number of carbonyl (C=O) groups is 2. The van der Waals surface area contributed by atoms with Crippen molar-refractivity contribution in [3.05, 3.63) is 29.8 Å². The number of piperidine rings is 1. The van der Waals surface area contributed by atoms with E-state index < -0.39 is 16.0 Å². The molecule has 1 amide bonds. The van der Waals surface area contributed by atoms with Crippen molar-refractivity contribution in [2.75, 3.05) is 32.5 Å². The normalized spacial score (nSPS) is 18.3. The molecule has 1 aromatic carbocycles. The monoisotopic (exact) mass is 384 g/mol. The van der Waals surface area contributed by atoms with Gasteiger partial charge in [0.25, 0.3) is 0 Å². The number of aliphatic carboxylic acids is 1.